The lowest BCUT2D eigenvalue weighted by Crippen LogP contribution is -1.99. The van der Waals surface area contributed by atoms with Crippen LogP contribution in [-0.4, -0.2) is 11.8 Å². The number of hydrogen-bond acceptors (Lipinski definition) is 2. The van der Waals surface area contributed by atoms with Gasteiger partial charge in [0.15, 0.2) is 0 Å². The molecule has 0 spiro atoms. The maximum atomic E-state index is 10.4. The van der Waals surface area contributed by atoms with Crippen LogP contribution in [0.15, 0.2) is 18.2 Å². The minimum Gasteiger partial charge on any atom is -0.494 e. The second-order valence-electron chi connectivity index (χ2n) is 3.22. The summed E-state index contributed by atoms with van der Waals surface area (Å²) in [6, 6.07) is 5.46. The third-order valence-corrected chi connectivity index (χ3v) is 2.53. The van der Waals surface area contributed by atoms with Gasteiger partial charge < -0.3 is 4.74 Å². The predicted molar refractivity (Wildman–Crippen MR) is 61.8 cm³/mol. The first-order valence-corrected chi connectivity index (χ1v) is 5.42. The van der Waals surface area contributed by atoms with E-state index in [-0.39, 0.29) is 5.24 Å². The molecule has 0 saturated carbocycles. The van der Waals surface area contributed by atoms with Crippen LogP contribution >= 0.6 is 23.2 Å². The Balaban J connectivity index is 2.38. The molecule has 1 aromatic carbocycles. The van der Waals surface area contributed by atoms with Crippen LogP contribution in [0.1, 0.15) is 18.4 Å². The van der Waals surface area contributed by atoms with E-state index in [0.29, 0.717) is 19.4 Å². The molecule has 0 fully saturated rings. The summed E-state index contributed by atoms with van der Waals surface area (Å²) in [5.74, 6) is 0.763. The summed E-state index contributed by atoms with van der Waals surface area (Å²) >= 11 is 11.1. The van der Waals surface area contributed by atoms with Crippen LogP contribution in [0.4, 0.5) is 0 Å². The first-order chi connectivity index (χ1) is 7.09. The number of halogens is 2. The molecule has 0 aromatic heterocycles. The molecule has 0 heterocycles. The topological polar surface area (TPSA) is 26.3 Å². The van der Waals surface area contributed by atoms with Gasteiger partial charge in [0.05, 0.1) is 6.61 Å². The van der Waals surface area contributed by atoms with E-state index in [4.69, 9.17) is 27.9 Å². The zero-order valence-electron chi connectivity index (χ0n) is 8.43. The van der Waals surface area contributed by atoms with Gasteiger partial charge >= 0.3 is 0 Å². The van der Waals surface area contributed by atoms with E-state index >= 15 is 0 Å². The molecule has 0 aliphatic rings. The molecule has 1 aromatic rings. The lowest BCUT2D eigenvalue weighted by Gasteiger charge is -2.06. The first-order valence-electron chi connectivity index (χ1n) is 4.67. The monoisotopic (exact) mass is 246 g/mol. The maximum absolute atomic E-state index is 10.4. The number of benzene rings is 1. The van der Waals surface area contributed by atoms with E-state index < -0.39 is 0 Å². The predicted octanol–water partition coefficient (Wildman–Crippen LogP) is 3.57. The highest BCUT2D eigenvalue weighted by Gasteiger charge is 1.99. The van der Waals surface area contributed by atoms with Crippen molar-refractivity contribution >= 4 is 28.4 Å². The first kappa shape index (κ1) is 12.3. The summed E-state index contributed by atoms with van der Waals surface area (Å²) in [6.07, 6.45) is 0.970. The zero-order chi connectivity index (χ0) is 11.3. The van der Waals surface area contributed by atoms with Gasteiger partial charge in [-0.25, -0.2) is 0 Å². The van der Waals surface area contributed by atoms with Crippen molar-refractivity contribution in [2.45, 2.75) is 19.8 Å². The molecule has 0 bridgehead atoms. The van der Waals surface area contributed by atoms with Gasteiger partial charge in [-0.15, -0.1) is 0 Å². The molecular formula is C11H12Cl2O2. The fourth-order valence-corrected chi connectivity index (χ4v) is 1.36. The number of carbonyl (C=O) groups is 1. The number of aryl methyl sites for hydroxylation is 1. The van der Waals surface area contributed by atoms with Crippen LogP contribution in [0.2, 0.25) is 5.02 Å². The van der Waals surface area contributed by atoms with Crippen LogP contribution in [-0.2, 0) is 4.79 Å². The fourth-order valence-electron chi connectivity index (χ4n) is 1.11. The van der Waals surface area contributed by atoms with Crippen LogP contribution in [0, 0.1) is 6.92 Å². The maximum Gasteiger partial charge on any atom is 0.221 e. The third-order valence-electron chi connectivity index (χ3n) is 1.92. The second-order valence-corrected chi connectivity index (χ2v) is 4.05. The summed E-state index contributed by atoms with van der Waals surface area (Å²) in [4.78, 5) is 10.4. The standard InChI is InChI=1S/C11H12Cl2O2/c1-8-7-9(4-5-10(8)12)15-6-2-3-11(13)14/h4-5,7H,2-3,6H2,1H3. The number of hydrogen-bond donors (Lipinski definition) is 0. The molecule has 4 heteroatoms. The minimum atomic E-state index is -0.328. The number of carbonyl (C=O) groups excluding carboxylic acids is 1. The second kappa shape index (κ2) is 5.99. The van der Waals surface area contributed by atoms with Crippen LogP contribution in [0.5, 0.6) is 5.75 Å². The fraction of sp³-hybridized carbons (Fsp3) is 0.364. The Kier molecular flexibility index (Phi) is 4.92. The van der Waals surface area contributed by atoms with Crippen molar-refractivity contribution in [2.75, 3.05) is 6.61 Å². The van der Waals surface area contributed by atoms with Crippen molar-refractivity contribution in [1.29, 1.82) is 0 Å². The minimum absolute atomic E-state index is 0.328. The molecule has 0 unspecified atom stereocenters. The quantitative estimate of drug-likeness (QED) is 0.587. The van der Waals surface area contributed by atoms with Gasteiger partial charge in [0.1, 0.15) is 5.75 Å². The SMILES string of the molecule is Cc1cc(OCCCC(=O)Cl)ccc1Cl. The molecule has 15 heavy (non-hydrogen) atoms. The highest BCUT2D eigenvalue weighted by Crippen LogP contribution is 2.21. The van der Waals surface area contributed by atoms with Gasteiger partial charge in [-0.2, -0.15) is 0 Å². The lowest BCUT2D eigenvalue weighted by molar-refractivity contribution is -0.111. The molecule has 0 aliphatic carbocycles. The van der Waals surface area contributed by atoms with Gasteiger partial charge in [0.25, 0.3) is 0 Å². The van der Waals surface area contributed by atoms with Crippen LogP contribution < -0.4 is 4.74 Å². The van der Waals surface area contributed by atoms with Crippen molar-refractivity contribution < 1.29 is 9.53 Å². The molecule has 0 amide bonds. The molecule has 0 N–H and O–H groups in total. The van der Waals surface area contributed by atoms with Gasteiger partial charge in [-0.1, -0.05) is 11.6 Å². The Morgan fingerprint density at radius 2 is 2.20 bits per heavy atom. The van der Waals surface area contributed by atoms with Crippen LogP contribution in [0.3, 0.4) is 0 Å². The molecular weight excluding hydrogens is 235 g/mol. The Morgan fingerprint density at radius 3 is 2.80 bits per heavy atom. The molecule has 0 radical (unpaired) electrons. The largest absolute Gasteiger partial charge is 0.494 e. The summed E-state index contributed by atoms with van der Waals surface area (Å²) in [7, 11) is 0. The Bertz CT molecular complexity index is 350. The summed E-state index contributed by atoms with van der Waals surface area (Å²) < 4.78 is 5.42. The third kappa shape index (κ3) is 4.54. The molecule has 1 rings (SSSR count). The molecule has 2 nitrogen and oxygen atoms in total. The van der Waals surface area contributed by atoms with Gasteiger partial charge in [-0.05, 0) is 48.7 Å². The van der Waals surface area contributed by atoms with Crippen LogP contribution in [0.25, 0.3) is 0 Å². The average Bonchev–Trinajstić information content (AvgIpc) is 2.18. The lowest BCUT2D eigenvalue weighted by atomic mass is 10.2. The Labute approximate surface area is 99.1 Å². The van der Waals surface area contributed by atoms with Crippen molar-refractivity contribution in [3.8, 4) is 5.75 Å². The normalized spacial score (nSPS) is 10.1. The smallest absolute Gasteiger partial charge is 0.221 e. The highest BCUT2D eigenvalue weighted by molar-refractivity contribution is 6.63. The average molecular weight is 247 g/mol. The van der Waals surface area contributed by atoms with E-state index in [1.54, 1.807) is 12.1 Å². The Hall–Kier alpha value is -0.730. The summed E-state index contributed by atoms with van der Waals surface area (Å²) in [5.41, 5.74) is 0.975. The van der Waals surface area contributed by atoms with Crippen molar-refractivity contribution in [1.82, 2.24) is 0 Å². The highest BCUT2D eigenvalue weighted by atomic mass is 35.5. The van der Waals surface area contributed by atoms with Gasteiger partial charge in [-0.3, -0.25) is 4.79 Å². The van der Waals surface area contributed by atoms with Crippen molar-refractivity contribution in [3.63, 3.8) is 0 Å². The van der Waals surface area contributed by atoms with Gasteiger partial charge in [0, 0.05) is 11.4 Å². The molecule has 0 atom stereocenters. The molecule has 82 valence electrons. The van der Waals surface area contributed by atoms with E-state index in [1.165, 1.54) is 0 Å². The Morgan fingerprint density at radius 1 is 1.47 bits per heavy atom. The van der Waals surface area contributed by atoms with Gasteiger partial charge in [0.2, 0.25) is 5.24 Å². The molecule has 0 aliphatic heterocycles. The van der Waals surface area contributed by atoms with Crippen molar-refractivity contribution in [2.24, 2.45) is 0 Å². The molecule has 0 saturated heterocycles. The summed E-state index contributed by atoms with van der Waals surface area (Å²) in [6.45, 7) is 2.40. The van der Waals surface area contributed by atoms with E-state index in [2.05, 4.69) is 0 Å². The van der Waals surface area contributed by atoms with Crippen molar-refractivity contribution in [3.05, 3.63) is 28.8 Å². The zero-order valence-corrected chi connectivity index (χ0v) is 9.94. The number of ether oxygens (including phenoxy) is 1. The summed E-state index contributed by atoms with van der Waals surface area (Å²) in [5, 5.41) is 0.393. The van der Waals surface area contributed by atoms with E-state index in [0.717, 1.165) is 16.3 Å². The van der Waals surface area contributed by atoms with E-state index in [1.807, 2.05) is 13.0 Å². The number of rotatable bonds is 5. The van der Waals surface area contributed by atoms with E-state index in [9.17, 15) is 4.79 Å².